The zero-order chi connectivity index (χ0) is 15.3. The highest BCUT2D eigenvalue weighted by Crippen LogP contribution is 2.32. The number of carbonyl (C=O) groups excluding carboxylic acids is 2. The lowest BCUT2D eigenvalue weighted by atomic mass is 9.93. The molecule has 7 heteroatoms. The molecule has 0 spiro atoms. The number of likely N-dealkylation sites (tertiary alicyclic amines) is 1. The van der Waals surface area contributed by atoms with Gasteiger partial charge >= 0.3 is 6.03 Å². The summed E-state index contributed by atoms with van der Waals surface area (Å²) in [6, 6.07) is 0.139. The van der Waals surface area contributed by atoms with Crippen LogP contribution in [0.15, 0.2) is 0 Å². The predicted octanol–water partition coefficient (Wildman–Crippen LogP) is 1.25. The van der Waals surface area contributed by atoms with E-state index < -0.39 is 5.54 Å². The van der Waals surface area contributed by atoms with E-state index >= 15 is 0 Å². The number of piperidine rings is 1. The Labute approximate surface area is 139 Å². The van der Waals surface area contributed by atoms with E-state index in [1.807, 2.05) is 18.9 Å². The molecule has 1 heterocycles. The van der Waals surface area contributed by atoms with Gasteiger partial charge in [-0.2, -0.15) is 0 Å². The maximum absolute atomic E-state index is 13.0. The van der Waals surface area contributed by atoms with Crippen molar-refractivity contribution in [3.63, 3.8) is 0 Å². The summed E-state index contributed by atoms with van der Waals surface area (Å²) in [4.78, 5) is 26.8. The molecule has 1 aliphatic heterocycles. The monoisotopic (exact) mass is 332 g/mol. The first-order chi connectivity index (χ1) is 10.1. The highest BCUT2D eigenvalue weighted by atomic mass is 35.5. The van der Waals surface area contributed by atoms with Crippen molar-refractivity contribution in [1.29, 1.82) is 0 Å². The van der Waals surface area contributed by atoms with Crippen molar-refractivity contribution < 1.29 is 9.59 Å². The Kier molecular flexibility index (Phi) is 7.42. The largest absolute Gasteiger partial charge is 0.339 e. The van der Waals surface area contributed by atoms with Gasteiger partial charge < -0.3 is 20.9 Å². The molecule has 0 aromatic heterocycles. The van der Waals surface area contributed by atoms with Gasteiger partial charge in [-0.15, -0.1) is 12.4 Å². The SMILES string of the molecule is CCNC(=O)NC1(C(=O)N2CCCC(NC)C2)CCCC1.Cl. The first-order valence-electron chi connectivity index (χ1n) is 8.14. The van der Waals surface area contributed by atoms with Crippen molar-refractivity contribution in [3.05, 3.63) is 0 Å². The fraction of sp³-hybridized carbons (Fsp3) is 0.867. The number of likely N-dealkylation sites (N-methyl/N-ethyl adjacent to an activating group) is 1. The molecule has 2 rings (SSSR count). The standard InChI is InChI=1S/C15H28N4O2.ClH/c1-3-17-14(21)18-15(8-4-5-9-15)13(20)19-10-6-7-12(11-19)16-2;/h12,16H,3-11H2,1-2H3,(H2,17,18,21);1H. The number of carbonyl (C=O) groups is 2. The van der Waals surface area contributed by atoms with Gasteiger partial charge in [0, 0.05) is 25.7 Å². The number of rotatable bonds is 4. The van der Waals surface area contributed by atoms with E-state index in [9.17, 15) is 9.59 Å². The van der Waals surface area contributed by atoms with E-state index in [0.717, 1.165) is 51.6 Å². The summed E-state index contributed by atoms with van der Waals surface area (Å²) in [5, 5.41) is 8.96. The van der Waals surface area contributed by atoms with E-state index in [0.29, 0.717) is 12.6 Å². The summed E-state index contributed by atoms with van der Waals surface area (Å²) in [7, 11) is 1.94. The van der Waals surface area contributed by atoms with Crippen LogP contribution in [-0.2, 0) is 4.79 Å². The highest BCUT2D eigenvalue weighted by molar-refractivity contribution is 5.91. The lowest BCUT2D eigenvalue weighted by Gasteiger charge is -2.39. The third-order valence-corrected chi connectivity index (χ3v) is 4.67. The van der Waals surface area contributed by atoms with Crippen LogP contribution in [0.5, 0.6) is 0 Å². The van der Waals surface area contributed by atoms with Gasteiger partial charge in [0.15, 0.2) is 0 Å². The highest BCUT2D eigenvalue weighted by Gasteiger charge is 2.45. The topological polar surface area (TPSA) is 73.5 Å². The van der Waals surface area contributed by atoms with Crippen molar-refractivity contribution in [1.82, 2.24) is 20.9 Å². The first-order valence-corrected chi connectivity index (χ1v) is 8.14. The van der Waals surface area contributed by atoms with Crippen molar-refractivity contribution in [2.45, 2.75) is 57.0 Å². The molecule has 1 saturated heterocycles. The van der Waals surface area contributed by atoms with Crippen molar-refractivity contribution in [2.75, 3.05) is 26.7 Å². The molecule has 3 N–H and O–H groups in total. The minimum atomic E-state index is -0.686. The second kappa shape index (κ2) is 8.58. The van der Waals surface area contributed by atoms with Gasteiger partial charge in [-0.05, 0) is 39.7 Å². The van der Waals surface area contributed by atoms with Crippen LogP contribution >= 0.6 is 12.4 Å². The van der Waals surface area contributed by atoms with Crippen LogP contribution in [0.3, 0.4) is 0 Å². The molecule has 128 valence electrons. The Morgan fingerprint density at radius 1 is 1.23 bits per heavy atom. The lowest BCUT2D eigenvalue weighted by Crippen LogP contribution is -2.62. The summed E-state index contributed by atoms with van der Waals surface area (Å²) in [6.07, 6.45) is 5.64. The fourth-order valence-corrected chi connectivity index (χ4v) is 3.49. The van der Waals surface area contributed by atoms with Gasteiger partial charge in [-0.25, -0.2) is 4.79 Å². The van der Waals surface area contributed by atoms with Gasteiger partial charge in [0.1, 0.15) is 5.54 Å². The summed E-state index contributed by atoms with van der Waals surface area (Å²) < 4.78 is 0. The zero-order valence-corrected chi connectivity index (χ0v) is 14.4. The molecule has 3 amide bonds. The molecule has 1 aliphatic carbocycles. The number of nitrogens with one attached hydrogen (secondary N) is 3. The van der Waals surface area contributed by atoms with Gasteiger partial charge in [0.05, 0.1) is 0 Å². The number of halogens is 1. The molecule has 2 fully saturated rings. The van der Waals surface area contributed by atoms with E-state index in [-0.39, 0.29) is 24.3 Å². The molecule has 6 nitrogen and oxygen atoms in total. The Balaban J connectivity index is 0.00000242. The Bertz CT molecular complexity index is 386. The minimum absolute atomic E-state index is 0. The summed E-state index contributed by atoms with van der Waals surface area (Å²) in [6.45, 7) is 4.00. The zero-order valence-electron chi connectivity index (χ0n) is 13.6. The third-order valence-electron chi connectivity index (χ3n) is 4.67. The van der Waals surface area contributed by atoms with Crippen molar-refractivity contribution in [2.24, 2.45) is 0 Å². The Hall–Kier alpha value is -1.01. The van der Waals surface area contributed by atoms with Crippen LogP contribution in [0.1, 0.15) is 45.4 Å². The fourth-order valence-electron chi connectivity index (χ4n) is 3.49. The number of nitrogens with zero attached hydrogens (tertiary/aromatic N) is 1. The lowest BCUT2D eigenvalue weighted by molar-refractivity contribution is -0.139. The van der Waals surface area contributed by atoms with Crippen molar-refractivity contribution >= 4 is 24.3 Å². The maximum Gasteiger partial charge on any atom is 0.315 e. The van der Waals surface area contributed by atoms with Crippen LogP contribution in [-0.4, -0.2) is 55.1 Å². The molecular weight excluding hydrogens is 304 g/mol. The molecule has 0 aromatic carbocycles. The molecule has 0 radical (unpaired) electrons. The predicted molar refractivity (Wildman–Crippen MR) is 89.3 cm³/mol. The van der Waals surface area contributed by atoms with Gasteiger partial charge in [-0.1, -0.05) is 12.8 Å². The van der Waals surface area contributed by atoms with Gasteiger partial charge in [0.2, 0.25) is 5.91 Å². The second-order valence-electron chi connectivity index (χ2n) is 6.15. The van der Waals surface area contributed by atoms with E-state index in [2.05, 4.69) is 16.0 Å². The maximum atomic E-state index is 13.0. The molecule has 1 saturated carbocycles. The molecule has 0 bridgehead atoms. The number of hydrogen-bond acceptors (Lipinski definition) is 3. The van der Waals surface area contributed by atoms with E-state index in [4.69, 9.17) is 0 Å². The van der Waals surface area contributed by atoms with Crippen LogP contribution in [0.25, 0.3) is 0 Å². The first kappa shape index (κ1) is 19.0. The summed E-state index contributed by atoms with van der Waals surface area (Å²) >= 11 is 0. The smallest absolute Gasteiger partial charge is 0.315 e. The van der Waals surface area contributed by atoms with Crippen LogP contribution in [0.2, 0.25) is 0 Å². The minimum Gasteiger partial charge on any atom is -0.339 e. The summed E-state index contributed by atoms with van der Waals surface area (Å²) in [5.74, 6) is 0.103. The normalized spacial score (nSPS) is 23.5. The summed E-state index contributed by atoms with van der Waals surface area (Å²) in [5.41, 5.74) is -0.686. The van der Waals surface area contributed by atoms with E-state index in [1.165, 1.54) is 0 Å². The molecular formula is C15H29ClN4O2. The van der Waals surface area contributed by atoms with Crippen LogP contribution in [0, 0.1) is 0 Å². The van der Waals surface area contributed by atoms with Gasteiger partial charge in [0.25, 0.3) is 0 Å². The Morgan fingerprint density at radius 2 is 1.91 bits per heavy atom. The number of urea groups is 1. The third kappa shape index (κ3) is 4.26. The molecule has 1 unspecified atom stereocenters. The molecule has 2 aliphatic rings. The number of hydrogen-bond donors (Lipinski definition) is 3. The average molecular weight is 333 g/mol. The Morgan fingerprint density at radius 3 is 2.50 bits per heavy atom. The van der Waals surface area contributed by atoms with E-state index in [1.54, 1.807) is 0 Å². The van der Waals surface area contributed by atoms with Crippen LogP contribution in [0.4, 0.5) is 4.79 Å². The second-order valence-corrected chi connectivity index (χ2v) is 6.15. The van der Waals surface area contributed by atoms with Crippen LogP contribution < -0.4 is 16.0 Å². The number of amides is 3. The van der Waals surface area contributed by atoms with Gasteiger partial charge in [-0.3, -0.25) is 4.79 Å². The quantitative estimate of drug-likeness (QED) is 0.725. The average Bonchev–Trinajstić information content (AvgIpc) is 2.96. The molecule has 1 atom stereocenters. The molecule has 22 heavy (non-hydrogen) atoms. The molecule has 0 aromatic rings. The van der Waals surface area contributed by atoms with Crippen molar-refractivity contribution in [3.8, 4) is 0 Å².